The molecule has 3 rings (SSSR count). The highest BCUT2D eigenvalue weighted by Crippen LogP contribution is 2.32. The number of amides is 1. The van der Waals surface area contributed by atoms with Crippen molar-refractivity contribution < 1.29 is 14.3 Å². The van der Waals surface area contributed by atoms with Crippen molar-refractivity contribution in [3.8, 4) is 0 Å². The van der Waals surface area contributed by atoms with E-state index < -0.39 is 5.79 Å². The third kappa shape index (κ3) is 2.42. The van der Waals surface area contributed by atoms with Gasteiger partial charge in [-0.1, -0.05) is 0 Å². The molecule has 2 saturated heterocycles. The molecule has 1 spiro atoms. The smallest absolute Gasteiger partial charge is 0.275 e. The molecule has 1 amide bonds. The standard InChI is InChI=1S/C12H16BrN3O3/c1-15-8-9(13)10(14-15)11(17)16-4-2-12(3-5-16)18-6-7-19-12/h8H,2-7H2,1H3. The van der Waals surface area contributed by atoms with E-state index in [1.54, 1.807) is 17.9 Å². The quantitative estimate of drug-likeness (QED) is 0.775. The molecule has 0 aliphatic carbocycles. The third-order valence-electron chi connectivity index (χ3n) is 3.61. The summed E-state index contributed by atoms with van der Waals surface area (Å²) in [5.41, 5.74) is 0.465. The fraction of sp³-hybridized carbons (Fsp3) is 0.667. The van der Waals surface area contributed by atoms with Gasteiger partial charge >= 0.3 is 0 Å². The first-order chi connectivity index (χ1) is 9.10. The van der Waals surface area contributed by atoms with Crippen LogP contribution < -0.4 is 0 Å². The average molecular weight is 330 g/mol. The number of likely N-dealkylation sites (tertiary alicyclic amines) is 1. The van der Waals surface area contributed by atoms with Crippen LogP contribution in [-0.4, -0.2) is 52.7 Å². The SMILES string of the molecule is Cn1cc(Br)c(C(=O)N2CCC3(CC2)OCCO3)n1. The summed E-state index contributed by atoms with van der Waals surface area (Å²) < 4.78 is 13.7. The van der Waals surface area contributed by atoms with Gasteiger partial charge in [0.2, 0.25) is 0 Å². The van der Waals surface area contributed by atoms with Crippen LogP contribution in [0.3, 0.4) is 0 Å². The molecule has 0 atom stereocenters. The summed E-state index contributed by atoms with van der Waals surface area (Å²) in [5.74, 6) is -0.488. The van der Waals surface area contributed by atoms with Gasteiger partial charge in [0.15, 0.2) is 11.5 Å². The maximum absolute atomic E-state index is 12.4. The fourth-order valence-corrected chi connectivity index (χ4v) is 3.14. The highest BCUT2D eigenvalue weighted by atomic mass is 79.9. The molecule has 2 aliphatic heterocycles. The van der Waals surface area contributed by atoms with Crippen LogP contribution in [0.4, 0.5) is 0 Å². The van der Waals surface area contributed by atoms with Crippen LogP contribution in [0.1, 0.15) is 23.3 Å². The Morgan fingerprint density at radius 3 is 2.53 bits per heavy atom. The van der Waals surface area contributed by atoms with Crippen LogP contribution in [0.5, 0.6) is 0 Å². The number of carbonyl (C=O) groups is 1. The van der Waals surface area contributed by atoms with Crippen LogP contribution in [-0.2, 0) is 16.5 Å². The van der Waals surface area contributed by atoms with Gasteiger partial charge in [-0.3, -0.25) is 9.48 Å². The number of ether oxygens (including phenoxy) is 2. The number of piperidine rings is 1. The van der Waals surface area contributed by atoms with E-state index in [0.717, 1.165) is 17.3 Å². The molecule has 0 N–H and O–H groups in total. The number of hydrogen-bond donors (Lipinski definition) is 0. The molecule has 6 nitrogen and oxygen atoms in total. The normalized spacial score (nSPS) is 22.1. The molecule has 104 valence electrons. The van der Waals surface area contributed by atoms with Crippen molar-refractivity contribution >= 4 is 21.8 Å². The molecule has 2 fully saturated rings. The second kappa shape index (κ2) is 4.88. The second-order valence-electron chi connectivity index (χ2n) is 4.90. The minimum atomic E-state index is -0.446. The summed E-state index contributed by atoms with van der Waals surface area (Å²) in [6.07, 6.45) is 3.23. The van der Waals surface area contributed by atoms with Crippen molar-refractivity contribution in [2.24, 2.45) is 7.05 Å². The molecule has 0 unspecified atom stereocenters. The van der Waals surface area contributed by atoms with Gasteiger partial charge in [-0.2, -0.15) is 5.10 Å². The average Bonchev–Trinajstić information content (AvgIpc) is 2.97. The Bertz CT molecular complexity index is 486. The molecular weight excluding hydrogens is 314 g/mol. The maximum Gasteiger partial charge on any atom is 0.275 e. The van der Waals surface area contributed by atoms with Crippen molar-refractivity contribution in [2.45, 2.75) is 18.6 Å². The zero-order valence-electron chi connectivity index (χ0n) is 10.8. The fourth-order valence-electron chi connectivity index (χ4n) is 2.59. The molecule has 19 heavy (non-hydrogen) atoms. The maximum atomic E-state index is 12.4. The van der Waals surface area contributed by atoms with E-state index in [4.69, 9.17) is 9.47 Å². The van der Waals surface area contributed by atoms with Crippen LogP contribution in [0.2, 0.25) is 0 Å². The Kier molecular flexibility index (Phi) is 3.36. The van der Waals surface area contributed by atoms with Crippen molar-refractivity contribution in [1.82, 2.24) is 14.7 Å². The van der Waals surface area contributed by atoms with Crippen molar-refractivity contribution in [1.29, 1.82) is 0 Å². The van der Waals surface area contributed by atoms with E-state index in [2.05, 4.69) is 21.0 Å². The van der Waals surface area contributed by atoms with Gasteiger partial charge in [0.05, 0.1) is 17.7 Å². The lowest BCUT2D eigenvalue weighted by atomic mass is 10.0. The Balaban J connectivity index is 1.68. The first-order valence-electron chi connectivity index (χ1n) is 6.36. The zero-order chi connectivity index (χ0) is 13.5. The molecule has 3 heterocycles. The van der Waals surface area contributed by atoms with Gasteiger partial charge < -0.3 is 14.4 Å². The Hall–Kier alpha value is -0.920. The monoisotopic (exact) mass is 329 g/mol. The number of aromatic nitrogens is 2. The van der Waals surface area contributed by atoms with E-state index in [1.807, 2.05) is 4.90 Å². The van der Waals surface area contributed by atoms with Crippen LogP contribution >= 0.6 is 15.9 Å². The molecule has 1 aromatic rings. The number of rotatable bonds is 1. The van der Waals surface area contributed by atoms with Crippen molar-refractivity contribution in [3.63, 3.8) is 0 Å². The van der Waals surface area contributed by atoms with Gasteiger partial charge in [0.1, 0.15) is 0 Å². The number of nitrogens with zero attached hydrogens (tertiary/aromatic N) is 3. The van der Waals surface area contributed by atoms with E-state index in [1.165, 1.54) is 0 Å². The molecule has 2 aliphatic rings. The largest absolute Gasteiger partial charge is 0.347 e. The Morgan fingerprint density at radius 1 is 1.37 bits per heavy atom. The molecule has 7 heteroatoms. The predicted molar refractivity (Wildman–Crippen MR) is 70.7 cm³/mol. The van der Waals surface area contributed by atoms with Gasteiger partial charge in [-0.25, -0.2) is 0 Å². The summed E-state index contributed by atoms with van der Waals surface area (Å²) in [4.78, 5) is 14.2. The minimum absolute atomic E-state index is 0.0414. The summed E-state index contributed by atoms with van der Waals surface area (Å²) in [7, 11) is 1.80. The number of aryl methyl sites for hydroxylation is 1. The van der Waals surface area contributed by atoms with Gasteiger partial charge in [-0.15, -0.1) is 0 Å². The summed E-state index contributed by atoms with van der Waals surface area (Å²) in [5, 5.41) is 4.19. The van der Waals surface area contributed by atoms with Gasteiger partial charge in [-0.05, 0) is 15.9 Å². The van der Waals surface area contributed by atoms with Crippen LogP contribution in [0.25, 0.3) is 0 Å². The van der Waals surface area contributed by atoms with Crippen molar-refractivity contribution in [3.05, 3.63) is 16.4 Å². The lowest BCUT2D eigenvalue weighted by molar-refractivity contribution is -0.181. The van der Waals surface area contributed by atoms with E-state index in [9.17, 15) is 4.79 Å². The molecule has 0 aromatic carbocycles. The topological polar surface area (TPSA) is 56.6 Å². The van der Waals surface area contributed by atoms with E-state index >= 15 is 0 Å². The number of carbonyl (C=O) groups excluding carboxylic acids is 1. The lowest BCUT2D eigenvalue weighted by Gasteiger charge is -2.37. The van der Waals surface area contributed by atoms with Crippen LogP contribution in [0.15, 0.2) is 10.7 Å². The van der Waals surface area contributed by atoms with E-state index in [0.29, 0.717) is 32.0 Å². The van der Waals surface area contributed by atoms with E-state index in [-0.39, 0.29) is 5.91 Å². The summed E-state index contributed by atoms with van der Waals surface area (Å²) in [6, 6.07) is 0. The van der Waals surface area contributed by atoms with Gasteiger partial charge in [0, 0.05) is 39.2 Å². The lowest BCUT2D eigenvalue weighted by Crippen LogP contribution is -2.47. The highest BCUT2D eigenvalue weighted by Gasteiger charge is 2.41. The molecule has 0 bridgehead atoms. The predicted octanol–water partition coefficient (Wildman–Crippen LogP) is 1.16. The number of hydrogen-bond acceptors (Lipinski definition) is 4. The zero-order valence-corrected chi connectivity index (χ0v) is 12.4. The summed E-state index contributed by atoms with van der Waals surface area (Å²) in [6.45, 7) is 2.59. The second-order valence-corrected chi connectivity index (χ2v) is 5.75. The molecule has 0 saturated carbocycles. The minimum Gasteiger partial charge on any atom is -0.347 e. The molecule has 0 radical (unpaired) electrons. The third-order valence-corrected chi connectivity index (χ3v) is 4.19. The Labute approximate surface area is 119 Å². The van der Waals surface area contributed by atoms with Gasteiger partial charge in [0.25, 0.3) is 5.91 Å². The first-order valence-corrected chi connectivity index (χ1v) is 7.15. The number of halogens is 1. The highest BCUT2D eigenvalue weighted by molar-refractivity contribution is 9.10. The Morgan fingerprint density at radius 2 is 2.00 bits per heavy atom. The van der Waals surface area contributed by atoms with Crippen LogP contribution in [0, 0.1) is 0 Å². The first kappa shape index (κ1) is 13.1. The summed E-state index contributed by atoms with van der Waals surface area (Å²) >= 11 is 3.36. The molecule has 1 aromatic heterocycles. The van der Waals surface area contributed by atoms with Crippen molar-refractivity contribution in [2.75, 3.05) is 26.3 Å². The molecular formula is C12H16BrN3O3.